The molecule has 0 spiro atoms. The number of benzene rings is 3. The van der Waals surface area contributed by atoms with Crippen LogP contribution >= 0.6 is 0 Å². The highest BCUT2D eigenvalue weighted by atomic mass is 16.8. The van der Waals surface area contributed by atoms with Crippen molar-refractivity contribution in [2.75, 3.05) is 7.11 Å². The number of para-hydroxylation sites is 2. The van der Waals surface area contributed by atoms with Gasteiger partial charge in [0.15, 0.2) is 0 Å². The van der Waals surface area contributed by atoms with Crippen LogP contribution in [-0.4, -0.2) is 35.5 Å². The van der Waals surface area contributed by atoms with Gasteiger partial charge < -0.3 is 19.7 Å². The largest absolute Gasteiger partial charge is 0.497 e. The van der Waals surface area contributed by atoms with Gasteiger partial charge in [0.2, 0.25) is 12.2 Å². The van der Waals surface area contributed by atoms with Gasteiger partial charge in [0, 0.05) is 6.42 Å². The van der Waals surface area contributed by atoms with Crippen molar-refractivity contribution in [1.82, 2.24) is 0 Å². The number of methoxy groups -OCH3 is 1. The van der Waals surface area contributed by atoms with Crippen molar-refractivity contribution in [1.29, 1.82) is 10.8 Å². The third kappa shape index (κ3) is 21.0. The first-order valence-corrected chi connectivity index (χ1v) is 9.67. The van der Waals surface area contributed by atoms with Crippen LogP contribution in [0.1, 0.15) is 18.9 Å². The quantitative estimate of drug-likeness (QED) is 0.258. The Balaban J connectivity index is 0. The minimum Gasteiger partial charge on any atom is -0.497 e. The van der Waals surface area contributed by atoms with Gasteiger partial charge in [-0.1, -0.05) is 79.2 Å². The summed E-state index contributed by atoms with van der Waals surface area (Å²) in [5, 5.41) is 29.0. The molecule has 0 radical (unpaired) electrons. The molecule has 0 amide bonds. The summed E-state index contributed by atoms with van der Waals surface area (Å²) in [4.78, 5) is 16.7. The van der Waals surface area contributed by atoms with Gasteiger partial charge in [-0.05, 0) is 31.2 Å². The highest BCUT2D eigenvalue weighted by molar-refractivity contribution is 5.26. The molecule has 8 nitrogen and oxygen atoms in total. The van der Waals surface area contributed by atoms with E-state index in [-0.39, 0.29) is 6.42 Å². The van der Waals surface area contributed by atoms with E-state index >= 15 is 0 Å². The smallest absolute Gasteiger partial charge is 0.321 e. The van der Waals surface area contributed by atoms with Gasteiger partial charge in [0.25, 0.3) is 0 Å². The van der Waals surface area contributed by atoms with Crippen molar-refractivity contribution in [3.05, 3.63) is 96.6 Å². The lowest BCUT2D eigenvalue weighted by Crippen LogP contribution is -2.34. The number of nitrogens with one attached hydrogen (secondary N) is 2. The van der Waals surface area contributed by atoms with E-state index < -0.39 is 5.97 Å². The second kappa shape index (κ2) is 21.2. The number of rotatable bonds is 4. The van der Waals surface area contributed by atoms with Crippen LogP contribution in [0.4, 0.5) is 0 Å². The Morgan fingerprint density at radius 2 is 1.09 bits per heavy atom. The number of isocyanates is 2. The first kappa shape index (κ1) is 31.1. The summed E-state index contributed by atoms with van der Waals surface area (Å²) in [7, 11) is 1.66. The molecule has 0 unspecified atom stereocenters. The normalized spacial score (nSPS) is 8.52. The van der Waals surface area contributed by atoms with Gasteiger partial charge in [-0.25, -0.2) is 20.4 Å². The average Bonchev–Trinajstić information content (AvgIpc) is 2.82. The Hall–Kier alpha value is -4.06. The second-order valence-corrected chi connectivity index (χ2v) is 5.89. The summed E-state index contributed by atoms with van der Waals surface area (Å²) in [5.41, 5.74) is 1.32. The molecule has 3 aromatic carbocycles. The number of aliphatic hydroxyl groups is 2. The van der Waals surface area contributed by atoms with E-state index in [0.29, 0.717) is 5.75 Å². The Morgan fingerprint density at radius 1 is 0.758 bits per heavy atom. The minimum atomic E-state index is -2.05. The standard InChI is InChI=1S/C9H12O3.C7H8O.C7H8.2CHNO/c1-2-9(10,11)12-8-6-4-3-5-7-8;1-8-7-5-3-2-4-6-7;1-7-5-3-2-4-6-7;2*2-1-3/h3-7,10-11H,2H2,1H3;2-6H,1H3;2-6H,1H3;2*2H. The van der Waals surface area contributed by atoms with Crippen molar-refractivity contribution in [3.8, 4) is 11.5 Å². The fourth-order valence-electron chi connectivity index (χ4n) is 1.84. The maximum absolute atomic E-state index is 9.11. The molecule has 0 aromatic heterocycles. The van der Waals surface area contributed by atoms with Crippen LogP contribution in [0, 0.1) is 17.7 Å². The predicted octanol–water partition coefficient (Wildman–Crippen LogP) is 4.61. The molecule has 0 bridgehead atoms. The molecule has 3 rings (SSSR count). The number of ether oxygens (including phenoxy) is 2. The molecule has 4 N–H and O–H groups in total. The molecular formula is C25H30N2O6. The second-order valence-electron chi connectivity index (χ2n) is 5.89. The molecule has 0 fully saturated rings. The molecule has 0 saturated heterocycles. The van der Waals surface area contributed by atoms with Gasteiger partial charge in [-0.2, -0.15) is 0 Å². The van der Waals surface area contributed by atoms with E-state index in [1.807, 2.05) is 54.6 Å². The molecule has 0 atom stereocenters. The van der Waals surface area contributed by atoms with E-state index in [0.717, 1.165) is 17.9 Å². The van der Waals surface area contributed by atoms with E-state index in [9.17, 15) is 0 Å². The van der Waals surface area contributed by atoms with Crippen molar-refractivity contribution >= 4 is 12.2 Å². The molecule has 0 saturated carbocycles. The average molecular weight is 455 g/mol. The van der Waals surface area contributed by atoms with E-state index in [1.165, 1.54) is 5.56 Å². The van der Waals surface area contributed by atoms with Gasteiger partial charge >= 0.3 is 5.97 Å². The van der Waals surface area contributed by atoms with Gasteiger partial charge in [-0.3, -0.25) is 0 Å². The van der Waals surface area contributed by atoms with Crippen LogP contribution < -0.4 is 9.47 Å². The molecule has 176 valence electrons. The van der Waals surface area contributed by atoms with Crippen LogP contribution in [0.2, 0.25) is 0 Å². The Morgan fingerprint density at radius 3 is 1.33 bits per heavy atom. The number of hydrogen-bond donors (Lipinski definition) is 4. The number of aryl methyl sites for hydroxylation is 1. The maximum atomic E-state index is 9.11. The molecule has 3 aromatic rings. The SMILES string of the molecule is CCC(O)(O)Oc1ccccc1.COc1ccccc1.Cc1ccccc1.N=C=O.N=C=O. The summed E-state index contributed by atoms with van der Waals surface area (Å²) in [6.45, 7) is 3.71. The van der Waals surface area contributed by atoms with Crippen LogP contribution in [-0.2, 0) is 9.59 Å². The van der Waals surface area contributed by atoms with Crippen LogP contribution in [0.5, 0.6) is 11.5 Å². The molecular weight excluding hydrogens is 424 g/mol. The molecule has 0 heterocycles. The van der Waals surface area contributed by atoms with Crippen LogP contribution in [0.15, 0.2) is 91.0 Å². The van der Waals surface area contributed by atoms with Gasteiger partial charge in [-0.15, -0.1) is 0 Å². The Labute approximate surface area is 194 Å². The first-order chi connectivity index (χ1) is 15.8. The lowest BCUT2D eigenvalue weighted by atomic mass is 10.2. The van der Waals surface area contributed by atoms with E-state index in [1.54, 1.807) is 38.3 Å². The topological polar surface area (TPSA) is 141 Å². The first-order valence-electron chi connectivity index (χ1n) is 9.67. The Kier molecular flexibility index (Phi) is 20.0. The summed E-state index contributed by atoms with van der Waals surface area (Å²) in [6.07, 6.45) is 1.63. The third-order valence-corrected chi connectivity index (χ3v) is 3.40. The zero-order chi connectivity index (χ0) is 25.4. The molecule has 8 heteroatoms. The lowest BCUT2D eigenvalue weighted by molar-refractivity contribution is -0.292. The third-order valence-electron chi connectivity index (χ3n) is 3.40. The number of hydrogen-bond acceptors (Lipinski definition) is 8. The zero-order valence-electron chi connectivity index (χ0n) is 18.9. The van der Waals surface area contributed by atoms with Gasteiger partial charge in [0.05, 0.1) is 7.11 Å². The monoisotopic (exact) mass is 454 g/mol. The highest BCUT2D eigenvalue weighted by Crippen LogP contribution is 2.16. The minimum absolute atomic E-state index is 0.127. The predicted molar refractivity (Wildman–Crippen MR) is 126 cm³/mol. The summed E-state index contributed by atoms with van der Waals surface area (Å²) >= 11 is 0. The van der Waals surface area contributed by atoms with Crippen molar-refractivity contribution < 1.29 is 29.3 Å². The molecule has 0 aliphatic rings. The maximum Gasteiger partial charge on any atom is 0.321 e. The summed E-state index contributed by atoms with van der Waals surface area (Å²) in [6, 6.07) is 28.6. The summed E-state index contributed by atoms with van der Waals surface area (Å²) < 4.78 is 9.78. The highest BCUT2D eigenvalue weighted by Gasteiger charge is 2.21. The van der Waals surface area contributed by atoms with Crippen LogP contribution in [0.25, 0.3) is 0 Å². The van der Waals surface area contributed by atoms with E-state index in [2.05, 4.69) is 19.1 Å². The number of carbonyl (C=O) groups excluding carboxylic acids is 2. The van der Waals surface area contributed by atoms with E-state index in [4.69, 9.17) is 40.1 Å². The van der Waals surface area contributed by atoms with Crippen molar-refractivity contribution in [3.63, 3.8) is 0 Å². The van der Waals surface area contributed by atoms with Gasteiger partial charge in [0.1, 0.15) is 11.5 Å². The molecule has 0 aliphatic heterocycles. The van der Waals surface area contributed by atoms with Crippen molar-refractivity contribution in [2.45, 2.75) is 26.2 Å². The molecule has 33 heavy (non-hydrogen) atoms. The van der Waals surface area contributed by atoms with Crippen molar-refractivity contribution in [2.24, 2.45) is 0 Å². The van der Waals surface area contributed by atoms with Crippen LogP contribution in [0.3, 0.4) is 0 Å². The molecule has 0 aliphatic carbocycles. The zero-order valence-corrected chi connectivity index (χ0v) is 18.9. The Bertz CT molecular complexity index is 880. The fraction of sp³-hybridized carbons (Fsp3) is 0.200. The lowest BCUT2D eigenvalue weighted by Gasteiger charge is -2.20. The fourth-order valence-corrected chi connectivity index (χ4v) is 1.84. The summed E-state index contributed by atoms with van der Waals surface area (Å²) in [5.74, 6) is -0.696.